The van der Waals surface area contributed by atoms with Crippen LogP contribution in [0.25, 0.3) is 0 Å². The summed E-state index contributed by atoms with van der Waals surface area (Å²) in [6, 6.07) is 10.0. The lowest BCUT2D eigenvalue weighted by Gasteiger charge is -2.23. The zero-order valence-electron chi connectivity index (χ0n) is 10.4. The summed E-state index contributed by atoms with van der Waals surface area (Å²) in [5.74, 6) is 0. The van der Waals surface area contributed by atoms with E-state index >= 15 is 0 Å². The van der Waals surface area contributed by atoms with Crippen LogP contribution in [0.1, 0.15) is 19.4 Å². The number of amides is 2. The summed E-state index contributed by atoms with van der Waals surface area (Å²) in [6.07, 6.45) is 0. The van der Waals surface area contributed by atoms with Crippen molar-refractivity contribution in [2.24, 2.45) is 0 Å². The van der Waals surface area contributed by atoms with Gasteiger partial charge in [-0.05, 0) is 19.4 Å². The second-order valence-electron chi connectivity index (χ2n) is 4.88. The van der Waals surface area contributed by atoms with Crippen LogP contribution >= 0.6 is 0 Å². The Hall–Kier alpha value is -1.77. The number of rotatable bonds is 3. The quantitative estimate of drug-likeness (QED) is 0.795. The molecule has 2 amide bonds. The minimum atomic E-state index is -0.300. The molecule has 0 radical (unpaired) electrons. The van der Waals surface area contributed by atoms with Gasteiger partial charge < -0.3 is 10.2 Å². The maximum atomic E-state index is 11.9. The molecule has 1 aliphatic heterocycles. The molecule has 1 unspecified atom stereocenters. The Labute approximate surface area is 102 Å². The first-order valence-electron chi connectivity index (χ1n) is 5.78. The van der Waals surface area contributed by atoms with Gasteiger partial charge in [0.2, 0.25) is 0 Å². The molecule has 1 saturated heterocycles. The van der Waals surface area contributed by atoms with Gasteiger partial charge in [0.15, 0.2) is 0 Å². The van der Waals surface area contributed by atoms with Gasteiger partial charge in [0.1, 0.15) is 0 Å². The summed E-state index contributed by atoms with van der Waals surface area (Å²) in [4.78, 5) is 13.7. The van der Waals surface area contributed by atoms with E-state index in [0.717, 1.165) is 11.1 Å². The van der Waals surface area contributed by atoms with Crippen LogP contribution in [0.4, 0.5) is 4.79 Å². The van der Waals surface area contributed by atoms with E-state index < -0.39 is 0 Å². The number of carbonyl (C=O) groups excluding carboxylic acids is 1. The van der Waals surface area contributed by atoms with Gasteiger partial charge in [-0.15, -0.1) is 0 Å². The molecule has 1 fully saturated rings. The highest BCUT2D eigenvalue weighted by molar-refractivity contribution is 5.78. The SMILES string of the molecule is C=C(C)C1(C)CN(Cc2ccccc2)C(=O)N1. The maximum Gasteiger partial charge on any atom is 0.318 e. The average Bonchev–Trinajstić information content (AvgIpc) is 2.57. The Bertz CT molecular complexity index is 441. The van der Waals surface area contributed by atoms with Crippen molar-refractivity contribution in [2.45, 2.75) is 25.9 Å². The molecule has 1 aliphatic rings. The highest BCUT2D eigenvalue weighted by atomic mass is 16.2. The van der Waals surface area contributed by atoms with Crippen molar-refractivity contribution in [1.29, 1.82) is 0 Å². The Morgan fingerprint density at radius 1 is 1.47 bits per heavy atom. The van der Waals surface area contributed by atoms with Crippen LogP contribution in [0.3, 0.4) is 0 Å². The van der Waals surface area contributed by atoms with Crippen molar-refractivity contribution in [3.05, 3.63) is 48.0 Å². The third-order valence-electron chi connectivity index (χ3n) is 3.34. The van der Waals surface area contributed by atoms with Crippen molar-refractivity contribution in [1.82, 2.24) is 10.2 Å². The number of nitrogens with zero attached hydrogens (tertiary/aromatic N) is 1. The monoisotopic (exact) mass is 230 g/mol. The van der Waals surface area contributed by atoms with Gasteiger partial charge in [0.05, 0.1) is 5.54 Å². The fourth-order valence-electron chi connectivity index (χ4n) is 1.98. The second-order valence-corrected chi connectivity index (χ2v) is 4.88. The number of carbonyl (C=O) groups is 1. The minimum absolute atomic E-state index is 0.0145. The molecule has 0 bridgehead atoms. The molecule has 0 aliphatic carbocycles. The molecule has 0 aromatic heterocycles. The van der Waals surface area contributed by atoms with E-state index in [1.165, 1.54) is 0 Å². The van der Waals surface area contributed by atoms with E-state index in [1.807, 2.05) is 49.1 Å². The summed E-state index contributed by atoms with van der Waals surface area (Å²) < 4.78 is 0. The molecular weight excluding hydrogens is 212 g/mol. The highest BCUT2D eigenvalue weighted by Gasteiger charge is 2.38. The fraction of sp³-hybridized carbons (Fsp3) is 0.357. The van der Waals surface area contributed by atoms with Gasteiger partial charge in [-0.3, -0.25) is 0 Å². The summed E-state index contributed by atoms with van der Waals surface area (Å²) >= 11 is 0. The molecule has 90 valence electrons. The Kier molecular flexibility index (Phi) is 2.92. The second kappa shape index (κ2) is 4.24. The Balaban J connectivity index is 2.09. The van der Waals surface area contributed by atoms with E-state index in [2.05, 4.69) is 11.9 Å². The summed E-state index contributed by atoms with van der Waals surface area (Å²) in [7, 11) is 0. The first-order valence-corrected chi connectivity index (χ1v) is 5.78. The first kappa shape index (κ1) is 11.7. The van der Waals surface area contributed by atoms with Gasteiger partial charge in [0, 0.05) is 13.1 Å². The molecule has 0 spiro atoms. The molecule has 1 aromatic rings. The summed E-state index contributed by atoms with van der Waals surface area (Å²) in [5.41, 5.74) is 1.83. The fourth-order valence-corrected chi connectivity index (χ4v) is 1.98. The normalized spacial score (nSPS) is 23.6. The van der Waals surface area contributed by atoms with Crippen molar-refractivity contribution in [2.75, 3.05) is 6.54 Å². The minimum Gasteiger partial charge on any atom is -0.327 e. The zero-order chi connectivity index (χ0) is 12.5. The Morgan fingerprint density at radius 2 is 2.12 bits per heavy atom. The largest absolute Gasteiger partial charge is 0.327 e. The third-order valence-corrected chi connectivity index (χ3v) is 3.34. The van der Waals surface area contributed by atoms with Crippen LogP contribution in [0.15, 0.2) is 42.5 Å². The third kappa shape index (κ3) is 2.33. The molecule has 3 heteroatoms. The molecule has 1 atom stereocenters. The number of nitrogens with one attached hydrogen (secondary N) is 1. The predicted molar refractivity (Wildman–Crippen MR) is 68.6 cm³/mol. The molecule has 1 heterocycles. The highest BCUT2D eigenvalue weighted by Crippen LogP contribution is 2.23. The number of benzene rings is 1. The van der Waals surface area contributed by atoms with Gasteiger partial charge in [-0.2, -0.15) is 0 Å². The van der Waals surface area contributed by atoms with Crippen LogP contribution in [0.2, 0.25) is 0 Å². The average molecular weight is 230 g/mol. The lowest BCUT2D eigenvalue weighted by Crippen LogP contribution is -2.40. The lowest BCUT2D eigenvalue weighted by molar-refractivity contribution is 0.215. The molecule has 1 N–H and O–H groups in total. The lowest BCUT2D eigenvalue weighted by atomic mass is 9.95. The first-order chi connectivity index (χ1) is 8.01. The topological polar surface area (TPSA) is 32.3 Å². The van der Waals surface area contributed by atoms with Crippen molar-refractivity contribution in [3.8, 4) is 0 Å². The van der Waals surface area contributed by atoms with Crippen molar-refractivity contribution in [3.63, 3.8) is 0 Å². The Morgan fingerprint density at radius 3 is 2.65 bits per heavy atom. The van der Waals surface area contributed by atoms with E-state index in [0.29, 0.717) is 13.1 Å². The van der Waals surface area contributed by atoms with Crippen molar-refractivity contribution < 1.29 is 4.79 Å². The van der Waals surface area contributed by atoms with Crippen LogP contribution < -0.4 is 5.32 Å². The molecule has 0 saturated carbocycles. The van der Waals surface area contributed by atoms with Crippen LogP contribution in [0, 0.1) is 0 Å². The van der Waals surface area contributed by atoms with E-state index in [-0.39, 0.29) is 11.6 Å². The number of hydrogen-bond donors (Lipinski definition) is 1. The smallest absolute Gasteiger partial charge is 0.318 e. The molecule has 3 nitrogen and oxygen atoms in total. The van der Waals surface area contributed by atoms with Gasteiger partial charge in [-0.25, -0.2) is 4.79 Å². The summed E-state index contributed by atoms with van der Waals surface area (Å²) in [6.45, 7) is 9.23. The molecular formula is C14H18N2O. The number of urea groups is 1. The summed E-state index contributed by atoms with van der Waals surface area (Å²) in [5, 5.41) is 2.99. The molecule has 1 aromatic carbocycles. The van der Waals surface area contributed by atoms with Crippen molar-refractivity contribution >= 4 is 6.03 Å². The van der Waals surface area contributed by atoms with Gasteiger partial charge in [0.25, 0.3) is 0 Å². The standard InChI is InChI=1S/C14H18N2O/c1-11(2)14(3)10-16(13(17)15-14)9-12-7-5-4-6-8-12/h4-8H,1,9-10H2,2-3H3,(H,15,17). The maximum absolute atomic E-state index is 11.9. The van der Waals surface area contributed by atoms with E-state index in [1.54, 1.807) is 0 Å². The molecule has 17 heavy (non-hydrogen) atoms. The van der Waals surface area contributed by atoms with Gasteiger partial charge in [-0.1, -0.05) is 42.5 Å². The van der Waals surface area contributed by atoms with Crippen LogP contribution in [-0.2, 0) is 6.54 Å². The van der Waals surface area contributed by atoms with E-state index in [4.69, 9.17) is 0 Å². The predicted octanol–water partition coefficient (Wildman–Crippen LogP) is 2.55. The van der Waals surface area contributed by atoms with Gasteiger partial charge >= 0.3 is 6.03 Å². The van der Waals surface area contributed by atoms with Crippen LogP contribution in [-0.4, -0.2) is 23.0 Å². The van der Waals surface area contributed by atoms with E-state index in [9.17, 15) is 4.79 Å². The molecule has 2 rings (SSSR count). The number of hydrogen-bond acceptors (Lipinski definition) is 1. The van der Waals surface area contributed by atoms with Crippen LogP contribution in [0.5, 0.6) is 0 Å². The zero-order valence-corrected chi connectivity index (χ0v) is 10.4.